The van der Waals surface area contributed by atoms with Gasteiger partial charge in [-0.2, -0.15) is 0 Å². The minimum absolute atomic E-state index is 0.479. The molecule has 1 fully saturated rings. The minimum atomic E-state index is -0.479. The van der Waals surface area contributed by atoms with Gasteiger partial charge in [-0.15, -0.1) is 0 Å². The van der Waals surface area contributed by atoms with Gasteiger partial charge in [0, 0.05) is 18.2 Å². The number of nitrogens with zero attached hydrogens (tertiary/aromatic N) is 1. The Balaban J connectivity index is 2.04. The van der Waals surface area contributed by atoms with Gasteiger partial charge in [0.2, 0.25) is 0 Å². The molecule has 1 aliphatic rings. The van der Waals surface area contributed by atoms with Crippen LogP contribution in [0.3, 0.4) is 0 Å². The molecule has 0 bridgehead atoms. The van der Waals surface area contributed by atoms with E-state index < -0.39 is 6.10 Å². The van der Waals surface area contributed by atoms with Crippen LogP contribution in [0.4, 0.5) is 0 Å². The Bertz CT molecular complexity index is 455. The highest BCUT2D eigenvalue weighted by molar-refractivity contribution is 5.38. The number of hydrogen-bond acceptors (Lipinski definition) is 3. The summed E-state index contributed by atoms with van der Waals surface area (Å²) in [6.07, 6.45) is 3.26. The van der Waals surface area contributed by atoms with E-state index in [9.17, 15) is 5.11 Å². The molecular weight excluding hydrogens is 262 g/mol. The maximum Gasteiger partial charge on any atom is 0.124 e. The molecule has 2 rings (SSSR count). The van der Waals surface area contributed by atoms with E-state index in [2.05, 4.69) is 18.7 Å². The van der Waals surface area contributed by atoms with E-state index in [1.807, 2.05) is 25.1 Å². The molecule has 0 saturated heterocycles. The molecule has 0 aliphatic heterocycles. The number of methoxy groups -OCH3 is 1. The molecule has 1 aliphatic carbocycles. The molecule has 1 aromatic carbocycles. The lowest BCUT2D eigenvalue weighted by molar-refractivity contribution is 0.103. The van der Waals surface area contributed by atoms with Crippen LogP contribution in [0.2, 0.25) is 0 Å². The molecule has 1 atom stereocenters. The van der Waals surface area contributed by atoms with Crippen molar-refractivity contribution in [3.63, 3.8) is 0 Å². The fourth-order valence-electron chi connectivity index (χ4n) is 2.72. The Labute approximate surface area is 128 Å². The van der Waals surface area contributed by atoms with Gasteiger partial charge in [-0.05, 0) is 50.8 Å². The molecule has 0 heterocycles. The van der Waals surface area contributed by atoms with Crippen LogP contribution >= 0.6 is 0 Å². The van der Waals surface area contributed by atoms with Crippen LogP contribution in [0.5, 0.6) is 5.75 Å². The zero-order chi connectivity index (χ0) is 15.4. The van der Waals surface area contributed by atoms with E-state index in [-0.39, 0.29) is 0 Å². The highest BCUT2D eigenvalue weighted by atomic mass is 16.5. The van der Waals surface area contributed by atoms with Crippen molar-refractivity contribution in [2.24, 2.45) is 5.92 Å². The van der Waals surface area contributed by atoms with Crippen molar-refractivity contribution in [3.8, 4) is 5.75 Å². The summed E-state index contributed by atoms with van der Waals surface area (Å²) in [5.74, 6) is 1.49. The number of ether oxygens (including phenoxy) is 1. The Kier molecular flexibility index (Phi) is 5.65. The Morgan fingerprint density at radius 3 is 2.62 bits per heavy atom. The number of hydrogen-bond donors (Lipinski definition) is 1. The number of aliphatic hydroxyl groups excluding tert-OH is 1. The average Bonchev–Trinajstić information content (AvgIpc) is 3.27. The zero-order valence-corrected chi connectivity index (χ0v) is 13.8. The minimum Gasteiger partial charge on any atom is -0.496 e. The second kappa shape index (κ2) is 7.28. The first-order chi connectivity index (χ1) is 10.0. The van der Waals surface area contributed by atoms with Gasteiger partial charge < -0.3 is 9.84 Å². The van der Waals surface area contributed by atoms with Crippen LogP contribution in [0.15, 0.2) is 18.2 Å². The molecule has 1 saturated carbocycles. The van der Waals surface area contributed by atoms with Crippen LogP contribution in [0.1, 0.15) is 50.3 Å². The van der Waals surface area contributed by atoms with Crippen molar-refractivity contribution in [2.75, 3.05) is 20.2 Å². The van der Waals surface area contributed by atoms with Crippen LogP contribution in [-0.4, -0.2) is 36.2 Å². The summed E-state index contributed by atoms with van der Waals surface area (Å²) in [4.78, 5) is 2.45. The summed E-state index contributed by atoms with van der Waals surface area (Å²) in [6.45, 7) is 8.34. The van der Waals surface area contributed by atoms with Crippen molar-refractivity contribution in [2.45, 2.75) is 52.2 Å². The molecule has 0 amide bonds. The summed E-state index contributed by atoms with van der Waals surface area (Å²) >= 11 is 0. The lowest BCUT2D eigenvalue weighted by Crippen LogP contribution is -2.32. The lowest BCUT2D eigenvalue weighted by Gasteiger charge is -2.26. The van der Waals surface area contributed by atoms with Gasteiger partial charge in [-0.3, -0.25) is 4.90 Å². The standard InChI is InChI=1S/C18H29NO2/c1-13(2)9-10-19(15-6-7-15)12-17(20)16-11-14(3)5-8-18(16)21-4/h5,8,11,13,15,17,20H,6-7,9-10,12H2,1-4H3. The summed E-state index contributed by atoms with van der Waals surface area (Å²) in [5, 5.41) is 10.6. The van der Waals surface area contributed by atoms with E-state index >= 15 is 0 Å². The van der Waals surface area contributed by atoms with Crippen LogP contribution in [0, 0.1) is 12.8 Å². The van der Waals surface area contributed by atoms with Gasteiger partial charge in [-0.25, -0.2) is 0 Å². The predicted molar refractivity (Wildman–Crippen MR) is 86.7 cm³/mol. The molecule has 0 spiro atoms. The second-order valence-corrected chi connectivity index (χ2v) is 6.67. The first kappa shape index (κ1) is 16.3. The smallest absolute Gasteiger partial charge is 0.124 e. The van der Waals surface area contributed by atoms with Gasteiger partial charge in [0.25, 0.3) is 0 Å². The molecule has 0 aromatic heterocycles. The third-order valence-electron chi connectivity index (χ3n) is 4.21. The van der Waals surface area contributed by atoms with Gasteiger partial charge >= 0.3 is 0 Å². The molecule has 1 aromatic rings. The third kappa shape index (κ3) is 4.72. The SMILES string of the molecule is COc1ccc(C)cc1C(O)CN(CCC(C)C)C1CC1. The number of benzene rings is 1. The largest absolute Gasteiger partial charge is 0.496 e. The number of aryl methyl sites for hydroxylation is 1. The number of rotatable bonds is 8. The van der Waals surface area contributed by atoms with Crippen molar-refractivity contribution < 1.29 is 9.84 Å². The molecule has 118 valence electrons. The highest BCUT2D eigenvalue weighted by Gasteiger charge is 2.30. The summed E-state index contributed by atoms with van der Waals surface area (Å²) < 4.78 is 5.40. The molecule has 21 heavy (non-hydrogen) atoms. The van der Waals surface area contributed by atoms with Crippen LogP contribution in [-0.2, 0) is 0 Å². The van der Waals surface area contributed by atoms with Gasteiger partial charge in [0.15, 0.2) is 0 Å². The summed E-state index contributed by atoms with van der Waals surface area (Å²) in [6, 6.07) is 6.68. The Morgan fingerprint density at radius 1 is 1.33 bits per heavy atom. The van der Waals surface area contributed by atoms with Gasteiger partial charge in [-0.1, -0.05) is 25.5 Å². The lowest BCUT2D eigenvalue weighted by atomic mass is 10.0. The maximum absolute atomic E-state index is 10.6. The zero-order valence-electron chi connectivity index (χ0n) is 13.8. The number of aliphatic hydroxyl groups is 1. The normalized spacial score (nSPS) is 16.5. The van der Waals surface area contributed by atoms with Gasteiger partial charge in [0.1, 0.15) is 5.75 Å². The first-order valence-corrected chi connectivity index (χ1v) is 8.08. The average molecular weight is 291 g/mol. The van der Waals surface area contributed by atoms with Crippen LogP contribution < -0.4 is 4.74 Å². The molecule has 3 nitrogen and oxygen atoms in total. The van der Waals surface area contributed by atoms with Gasteiger partial charge in [0.05, 0.1) is 13.2 Å². The predicted octanol–water partition coefficient (Wildman–Crippen LogP) is 3.55. The van der Waals surface area contributed by atoms with Crippen molar-refractivity contribution in [1.29, 1.82) is 0 Å². The van der Waals surface area contributed by atoms with Crippen molar-refractivity contribution in [1.82, 2.24) is 4.90 Å². The monoisotopic (exact) mass is 291 g/mol. The summed E-state index contributed by atoms with van der Waals surface area (Å²) in [5.41, 5.74) is 2.07. The molecule has 3 heteroatoms. The quantitative estimate of drug-likeness (QED) is 0.795. The fraction of sp³-hybridized carbons (Fsp3) is 0.667. The third-order valence-corrected chi connectivity index (χ3v) is 4.21. The van der Waals surface area contributed by atoms with E-state index in [1.54, 1.807) is 7.11 Å². The molecule has 1 N–H and O–H groups in total. The first-order valence-electron chi connectivity index (χ1n) is 8.08. The van der Waals surface area contributed by atoms with Crippen molar-refractivity contribution in [3.05, 3.63) is 29.3 Å². The summed E-state index contributed by atoms with van der Waals surface area (Å²) in [7, 11) is 1.66. The Hall–Kier alpha value is -1.06. The van der Waals surface area contributed by atoms with Crippen LogP contribution in [0.25, 0.3) is 0 Å². The molecule has 0 radical (unpaired) electrons. The topological polar surface area (TPSA) is 32.7 Å². The highest BCUT2D eigenvalue weighted by Crippen LogP contribution is 2.32. The molecular formula is C18H29NO2. The van der Waals surface area contributed by atoms with E-state index in [0.717, 1.165) is 23.4 Å². The second-order valence-electron chi connectivity index (χ2n) is 6.67. The Morgan fingerprint density at radius 2 is 2.05 bits per heavy atom. The fourth-order valence-corrected chi connectivity index (χ4v) is 2.72. The maximum atomic E-state index is 10.6. The van der Waals surface area contributed by atoms with E-state index in [0.29, 0.717) is 18.5 Å². The molecule has 1 unspecified atom stereocenters. The van der Waals surface area contributed by atoms with Crippen molar-refractivity contribution >= 4 is 0 Å². The van der Waals surface area contributed by atoms with E-state index in [4.69, 9.17) is 4.74 Å². The van der Waals surface area contributed by atoms with E-state index in [1.165, 1.54) is 19.3 Å².